The maximum absolute atomic E-state index is 12.7. The summed E-state index contributed by atoms with van der Waals surface area (Å²) in [5.74, 6) is -0.134. The topological polar surface area (TPSA) is 84.9 Å². The molecule has 0 bridgehead atoms. The standard InChI is InChI=1S/C21H18Cl2N2O5S/c1-11-4-6-13(22)19(18(11)23)24-17(26)10-25-20(27)16(31-21(25)28)9-12-5-7-14(29-2)15(8-12)30-3/h4-9H,10H2,1-3H3,(H,24,26). The molecule has 2 aromatic rings. The Morgan fingerprint density at radius 1 is 1.13 bits per heavy atom. The molecule has 0 spiro atoms. The van der Waals surface area contributed by atoms with Crippen LogP contribution >= 0.6 is 35.0 Å². The van der Waals surface area contributed by atoms with Crippen LogP contribution in [0, 0.1) is 6.92 Å². The Morgan fingerprint density at radius 2 is 1.84 bits per heavy atom. The molecule has 0 unspecified atom stereocenters. The van der Waals surface area contributed by atoms with Crippen LogP contribution in [0.5, 0.6) is 11.5 Å². The molecule has 162 valence electrons. The summed E-state index contributed by atoms with van der Waals surface area (Å²) in [4.78, 5) is 38.6. The van der Waals surface area contributed by atoms with Crippen molar-refractivity contribution in [3.8, 4) is 11.5 Å². The third kappa shape index (κ3) is 4.98. The highest BCUT2D eigenvalue weighted by atomic mass is 35.5. The van der Waals surface area contributed by atoms with Crippen molar-refractivity contribution in [1.82, 2.24) is 4.90 Å². The van der Waals surface area contributed by atoms with E-state index in [-0.39, 0.29) is 15.6 Å². The van der Waals surface area contributed by atoms with Gasteiger partial charge in [0.1, 0.15) is 6.54 Å². The molecule has 0 aromatic heterocycles. The van der Waals surface area contributed by atoms with Crippen LogP contribution in [-0.2, 0) is 9.59 Å². The van der Waals surface area contributed by atoms with E-state index >= 15 is 0 Å². The first-order valence-electron chi connectivity index (χ1n) is 8.97. The lowest BCUT2D eigenvalue weighted by Gasteiger charge is -2.14. The average Bonchev–Trinajstić information content (AvgIpc) is 3.01. The summed E-state index contributed by atoms with van der Waals surface area (Å²) in [5, 5.41) is 2.57. The zero-order valence-corrected chi connectivity index (χ0v) is 19.2. The zero-order chi connectivity index (χ0) is 22.7. The van der Waals surface area contributed by atoms with Gasteiger partial charge in [-0.2, -0.15) is 0 Å². The second kappa shape index (κ2) is 9.64. The van der Waals surface area contributed by atoms with E-state index in [1.807, 2.05) is 0 Å². The summed E-state index contributed by atoms with van der Waals surface area (Å²) in [5.41, 5.74) is 1.61. The fourth-order valence-electron chi connectivity index (χ4n) is 2.82. The normalized spacial score (nSPS) is 14.9. The number of benzene rings is 2. The second-order valence-corrected chi connectivity index (χ2v) is 8.26. The van der Waals surface area contributed by atoms with Gasteiger partial charge in [-0.25, -0.2) is 0 Å². The SMILES string of the molecule is COc1ccc(C=C2SC(=O)N(CC(=O)Nc3c(Cl)ccc(C)c3Cl)C2=O)cc1OC. The molecule has 1 saturated heterocycles. The summed E-state index contributed by atoms with van der Waals surface area (Å²) in [6, 6.07) is 8.42. The molecule has 3 amide bonds. The highest BCUT2D eigenvalue weighted by Gasteiger charge is 2.36. The number of methoxy groups -OCH3 is 2. The molecule has 0 saturated carbocycles. The van der Waals surface area contributed by atoms with Crippen LogP contribution in [0.4, 0.5) is 10.5 Å². The molecule has 2 aromatic carbocycles. The molecule has 7 nitrogen and oxygen atoms in total. The van der Waals surface area contributed by atoms with Crippen LogP contribution in [0.25, 0.3) is 6.08 Å². The number of nitrogens with one attached hydrogen (secondary N) is 1. The van der Waals surface area contributed by atoms with E-state index in [1.165, 1.54) is 14.2 Å². The Morgan fingerprint density at radius 3 is 2.52 bits per heavy atom. The number of halogens is 2. The molecule has 0 radical (unpaired) electrons. The van der Waals surface area contributed by atoms with E-state index in [0.29, 0.717) is 22.1 Å². The predicted molar refractivity (Wildman–Crippen MR) is 122 cm³/mol. The minimum Gasteiger partial charge on any atom is -0.493 e. The number of hydrogen-bond donors (Lipinski definition) is 1. The summed E-state index contributed by atoms with van der Waals surface area (Å²) in [6.45, 7) is 1.30. The fraction of sp³-hybridized carbons (Fsp3) is 0.190. The highest BCUT2D eigenvalue weighted by Crippen LogP contribution is 2.35. The number of rotatable bonds is 6. The minimum absolute atomic E-state index is 0.191. The first kappa shape index (κ1) is 23.0. The number of amides is 3. The number of anilines is 1. The number of ether oxygens (including phenoxy) is 2. The van der Waals surface area contributed by atoms with Crippen molar-refractivity contribution in [2.45, 2.75) is 6.92 Å². The number of carbonyl (C=O) groups excluding carboxylic acids is 3. The lowest BCUT2D eigenvalue weighted by molar-refractivity contribution is -0.127. The van der Waals surface area contributed by atoms with Gasteiger partial charge < -0.3 is 14.8 Å². The second-order valence-electron chi connectivity index (χ2n) is 6.48. The molecule has 0 aliphatic carbocycles. The van der Waals surface area contributed by atoms with Gasteiger partial charge in [-0.05, 0) is 54.1 Å². The van der Waals surface area contributed by atoms with Crippen molar-refractivity contribution >= 4 is 63.8 Å². The Bertz CT molecular complexity index is 1100. The molecular formula is C21H18Cl2N2O5S. The smallest absolute Gasteiger partial charge is 0.294 e. The van der Waals surface area contributed by atoms with E-state index in [9.17, 15) is 14.4 Å². The molecule has 1 heterocycles. The van der Waals surface area contributed by atoms with Gasteiger partial charge in [0.15, 0.2) is 11.5 Å². The quantitative estimate of drug-likeness (QED) is 0.585. The van der Waals surface area contributed by atoms with Crippen LogP contribution in [0.15, 0.2) is 35.2 Å². The van der Waals surface area contributed by atoms with Crippen LogP contribution in [0.1, 0.15) is 11.1 Å². The Balaban J connectivity index is 1.76. The van der Waals surface area contributed by atoms with Crippen LogP contribution in [0.2, 0.25) is 10.0 Å². The van der Waals surface area contributed by atoms with Crippen molar-refractivity contribution in [3.05, 3.63) is 56.4 Å². The Hall–Kier alpha value is -2.68. The molecule has 1 N–H and O–H groups in total. The molecule has 1 aliphatic rings. The van der Waals surface area contributed by atoms with Gasteiger partial charge in [-0.15, -0.1) is 0 Å². The van der Waals surface area contributed by atoms with Gasteiger partial charge in [0.25, 0.3) is 11.1 Å². The van der Waals surface area contributed by atoms with Gasteiger partial charge in [0, 0.05) is 0 Å². The average molecular weight is 481 g/mol. The number of thioether (sulfide) groups is 1. The lowest BCUT2D eigenvalue weighted by Crippen LogP contribution is -2.36. The molecule has 31 heavy (non-hydrogen) atoms. The third-order valence-electron chi connectivity index (χ3n) is 4.43. The molecule has 0 atom stereocenters. The van der Waals surface area contributed by atoms with Gasteiger partial charge in [0.2, 0.25) is 5.91 Å². The van der Waals surface area contributed by atoms with E-state index in [1.54, 1.807) is 43.3 Å². The van der Waals surface area contributed by atoms with E-state index in [2.05, 4.69) is 5.32 Å². The van der Waals surface area contributed by atoms with Crippen molar-refractivity contribution in [1.29, 1.82) is 0 Å². The molecule has 3 rings (SSSR count). The molecule has 1 aliphatic heterocycles. The predicted octanol–water partition coefficient (Wildman–Crippen LogP) is 4.99. The van der Waals surface area contributed by atoms with E-state index in [0.717, 1.165) is 22.2 Å². The minimum atomic E-state index is -0.593. The van der Waals surface area contributed by atoms with Crippen LogP contribution < -0.4 is 14.8 Å². The maximum atomic E-state index is 12.7. The largest absolute Gasteiger partial charge is 0.493 e. The summed E-state index contributed by atoms with van der Waals surface area (Å²) in [6.07, 6.45) is 1.55. The number of carbonyl (C=O) groups is 3. The first-order chi connectivity index (χ1) is 14.7. The monoisotopic (exact) mass is 480 g/mol. The third-order valence-corrected chi connectivity index (χ3v) is 6.14. The summed E-state index contributed by atoms with van der Waals surface area (Å²) in [7, 11) is 3.02. The number of imide groups is 1. The first-order valence-corrected chi connectivity index (χ1v) is 10.5. The summed E-state index contributed by atoms with van der Waals surface area (Å²) < 4.78 is 10.4. The van der Waals surface area contributed by atoms with Gasteiger partial charge in [-0.1, -0.05) is 35.3 Å². The number of aryl methyl sites for hydroxylation is 1. The molecular weight excluding hydrogens is 463 g/mol. The molecule has 10 heteroatoms. The molecule has 1 fully saturated rings. The zero-order valence-electron chi connectivity index (χ0n) is 16.8. The van der Waals surface area contributed by atoms with Gasteiger partial charge >= 0.3 is 0 Å². The number of hydrogen-bond acceptors (Lipinski definition) is 6. The lowest BCUT2D eigenvalue weighted by atomic mass is 10.2. The van der Waals surface area contributed by atoms with Gasteiger partial charge in [-0.3, -0.25) is 19.3 Å². The van der Waals surface area contributed by atoms with Crippen molar-refractivity contribution < 1.29 is 23.9 Å². The fourth-order valence-corrected chi connectivity index (χ4v) is 4.13. The van der Waals surface area contributed by atoms with Crippen LogP contribution in [-0.4, -0.2) is 42.7 Å². The van der Waals surface area contributed by atoms with Gasteiger partial charge in [0.05, 0.1) is 34.9 Å². The number of nitrogens with zero attached hydrogens (tertiary/aromatic N) is 1. The van der Waals surface area contributed by atoms with Crippen molar-refractivity contribution in [3.63, 3.8) is 0 Å². The van der Waals surface area contributed by atoms with E-state index in [4.69, 9.17) is 32.7 Å². The maximum Gasteiger partial charge on any atom is 0.294 e. The Labute approximate surface area is 193 Å². The highest BCUT2D eigenvalue weighted by molar-refractivity contribution is 8.18. The van der Waals surface area contributed by atoms with Crippen molar-refractivity contribution in [2.75, 3.05) is 26.1 Å². The van der Waals surface area contributed by atoms with Crippen molar-refractivity contribution in [2.24, 2.45) is 0 Å². The Kier molecular flexibility index (Phi) is 7.15. The van der Waals surface area contributed by atoms with E-state index < -0.39 is 23.6 Å². The summed E-state index contributed by atoms with van der Waals surface area (Å²) >= 11 is 13.0. The van der Waals surface area contributed by atoms with Crippen LogP contribution in [0.3, 0.4) is 0 Å².